The van der Waals surface area contributed by atoms with E-state index in [0.717, 1.165) is 61.1 Å². The Labute approximate surface area is 193 Å². The highest BCUT2D eigenvalue weighted by Gasteiger charge is 2.49. The smallest absolute Gasteiger partial charge is 0.257 e. The summed E-state index contributed by atoms with van der Waals surface area (Å²) in [5.41, 5.74) is 2.73. The number of aryl methyl sites for hydroxylation is 1. The Balaban J connectivity index is 1.47. The second-order valence-electron chi connectivity index (χ2n) is 10.2. The van der Waals surface area contributed by atoms with Crippen molar-refractivity contribution in [2.45, 2.75) is 55.4 Å². The van der Waals surface area contributed by atoms with Crippen LogP contribution in [0.2, 0.25) is 5.15 Å². The minimum Gasteiger partial charge on any atom is -0.475 e. The Morgan fingerprint density at radius 1 is 1.22 bits per heavy atom. The van der Waals surface area contributed by atoms with Crippen molar-refractivity contribution in [3.8, 4) is 5.88 Å². The van der Waals surface area contributed by atoms with Crippen molar-refractivity contribution >= 4 is 57.8 Å². The van der Waals surface area contributed by atoms with Crippen LogP contribution in [0.5, 0.6) is 5.88 Å². The summed E-state index contributed by atoms with van der Waals surface area (Å²) in [5.74, 6) is 1.09. The molecule has 3 aromatic heterocycles. The van der Waals surface area contributed by atoms with E-state index in [1.807, 2.05) is 4.68 Å². The number of hydrogen-bond acceptors (Lipinski definition) is 7. The molecule has 6 rings (SSSR count). The molecule has 1 saturated carbocycles. The Morgan fingerprint density at radius 3 is 2.84 bits per heavy atom. The van der Waals surface area contributed by atoms with Crippen LogP contribution in [0.3, 0.4) is 0 Å². The van der Waals surface area contributed by atoms with Crippen molar-refractivity contribution < 1.29 is 9.47 Å². The molecule has 2 fully saturated rings. The number of rotatable bonds is 2. The standard InChI is InChI=1S/C19H25B3ClN7O2/c20-19(21,22)13-12-16(28-30(13)10-2-7-32-18(8-10)3-4-18)31-6-1-5-29-15-11(14(23)27-29)9-24-17(25-12)26-15/h9-10H,1-8,20-22H2,(H,24,25,26)/t10-/m0/s1. The number of aromatic nitrogens is 6. The van der Waals surface area contributed by atoms with Gasteiger partial charge in [0.05, 0.1) is 47.2 Å². The lowest BCUT2D eigenvalue weighted by atomic mass is 9.41. The highest BCUT2D eigenvalue weighted by atomic mass is 35.5. The summed E-state index contributed by atoms with van der Waals surface area (Å²) in [4.78, 5) is 9.25. The van der Waals surface area contributed by atoms with E-state index in [1.54, 1.807) is 6.20 Å². The zero-order valence-corrected chi connectivity index (χ0v) is 19.4. The maximum atomic E-state index is 6.30. The van der Waals surface area contributed by atoms with Crippen LogP contribution < -0.4 is 10.1 Å². The first kappa shape index (κ1) is 20.4. The van der Waals surface area contributed by atoms with E-state index in [4.69, 9.17) is 31.2 Å². The van der Waals surface area contributed by atoms with Gasteiger partial charge in [-0.2, -0.15) is 10.1 Å². The van der Waals surface area contributed by atoms with Crippen LogP contribution >= 0.6 is 11.6 Å². The van der Waals surface area contributed by atoms with Gasteiger partial charge >= 0.3 is 0 Å². The van der Waals surface area contributed by atoms with Crippen molar-refractivity contribution in [3.63, 3.8) is 0 Å². The minimum atomic E-state index is -0.165. The van der Waals surface area contributed by atoms with Crippen LogP contribution in [-0.2, 0) is 16.4 Å². The third kappa shape index (κ3) is 3.39. The van der Waals surface area contributed by atoms with Crippen molar-refractivity contribution in [3.05, 3.63) is 17.0 Å². The summed E-state index contributed by atoms with van der Waals surface area (Å²) in [6.07, 6.45) is 6.74. The molecule has 1 N–H and O–H groups in total. The van der Waals surface area contributed by atoms with Crippen molar-refractivity contribution in [2.24, 2.45) is 0 Å². The van der Waals surface area contributed by atoms with E-state index in [1.165, 1.54) is 0 Å². The van der Waals surface area contributed by atoms with E-state index >= 15 is 0 Å². The highest BCUT2D eigenvalue weighted by Crippen LogP contribution is 2.50. The molecule has 5 heterocycles. The molecular formula is C19H25B3ClN7O2. The fraction of sp³-hybridized carbons (Fsp3) is 0.579. The van der Waals surface area contributed by atoms with Gasteiger partial charge in [-0.3, -0.25) is 4.68 Å². The van der Waals surface area contributed by atoms with Crippen molar-refractivity contribution in [1.29, 1.82) is 0 Å². The Hall–Kier alpha value is -2.20. The number of fused-ring (bicyclic) bond motifs is 2. The number of nitrogens with one attached hydrogen (secondary N) is 1. The molecule has 3 aromatic rings. The van der Waals surface area contributed by atoms with Gasteiger partial charge in [-0.25, -0.2) is 9.67 Å². The summed E-state index contributed by atoms with van der Waals surface area (Å²) in [6, 6.07) is 0.287. The summed E-state index contributed by atoms with van der Waals surface area (Å²) in [5, 5.41) is 13.9. The van der Waals surface area contributed by atoms with Gasteiger partial charge in [0, 0.05) is 31.5 Å². The average molecular weight is 451 g/mol. The van der Waals surface area contributed by atoms with Gasteiger partial charge < -0.3 is 14.8 Å². The lowest BCUT2D eigenvalue weighted by Crippen LogP contribution is -2.36. The van der Waals surface area contributed by atoms with E-state index in [-0.39, 0.29) is 16.8 Å². The second-order valence-corrected chi connectivity index (χ2v) is 10.5. The Morgan fingerprint density at radius 2 is 2.06 bits per heavy atom. The SMILES string of the molecule is BC(B)(B)c1c2c(nn1[C@H]1CCOC3(CC3)C1)OCCCn1nc(Cl)c3cnc(nc31)N2. The number of nitrogens with zero attached hydrogens (tertiary/aromatic N) is 6. The quantitative estimate of drug-likeness (QED) is 0.553. The van der Waals surface area contributed by atoms with E-state index in [2.05, 4.69) is 43.6 Å². The number of anilines is 2. The molecule has 2 aliphatic heterocycles. The first-order valence-electron chi connectivity index (χ1n) is 11.4. The fourth-order valence-electron chi connectivity index (χ4n) is 4.94. The molecule has 1 aliphatic carbocycles. The predicted octanol–water partition coefficient (Wildman–Crippen LogP) is 0.0960. The predicted molar refractivity (Wildman–Crippen MR) is 129 cm³/mol. The first-order valence-corrected chi connectivity index (χ1v) is 11.8. The summed E-state index contributed by atoms with van der Waals surface area (Å²) in [7, 11) is 6.62. The van der Waals surface area contributed by atoms with Gasteiger partial charge in [-0.15, -0.1) is 5.10 Å². The van der Waals surface area contributed by atoms with Crippen LogP contribution in [0.15, 0.2) is 6.20 Å². The Bertz CT molecular complexity index is 1200. The monoisotopic (exact) mass is 451 g/mol. The number of hydrogen-bond donors (Lipinski definition) is 1. The topological polar surface area (TPSA) is 91.9 Å². The van der Waals surface area contributed by atoms with Gasteiger partial charge in [0.2, 0.25) is 5.95 Å². The van der Waals surface area contributed by atoms with E-state index in [9.17, 15) is 0 Å². The van der Waals surface area contributed by atoms with Crippen LogP contribution in [0.25, 0.3) is 11.0 Å². The molecule has 13 heteroatoms. The summed E-state index contributed by atoms with van der Waals surface area (Å²) >= 11 is 6.30. The molecule has 1 atom stereocenters. The maximum absolute atomic E-state index is 6.30. The van der Waals surface area contributed by atoms with Crippen molar-refractivity contribution in [2.75, 3.05) is 18.5 Å². The summed E-state index contributed by atoms with van der Waals surface area (Å²) in [6.45, 7) is 1.96. The van der Waals surface area contributed by atoms with E-state index in [0.29, 0.717) is 30.1 Å². The summed E-state index contributed by atoms with van der Waals surface area (Å²) < 4.78 is 16.3. The van der Waals surface area contributed by atoms with Gasteiger partial charge in [-0.05, 0) is 25.7 Å². The molecule has 0 radical (unpaired) electrons. The third-order valence-electron chi connectivity index (χ3n) is 6.64. The molecule has 32 heavy (non-hydrogen) atoms. The second kappa shape index (κ2) is 7.15. The van der Waals surface area contributed by atoms with Crippen molar-refractivity contribution in [1.82, 2.24) is 29.5 Å². The van der Waals surface area contributed by atoms with Gasteiger partial charge in [0.15, 0.2) is 10.8 Å². The lowest BCUT2D eigenvalue weighted by Gasteiger charge is -2.33. The molecule has 9 nitrogen and oxygen atoms in total. The molecule has 2 bridgehead atoms. The highest BCUT2D eigenvalue weighted by molar-refractivity contribution is 6.59. The fourth-order valence-corrected chi connectivity index (χ4v) is 5.17. The third-order valence-corrected chi connectivity index (χ3v) is 6.92. The van der Waals surface area contributed by atoms with Gasteiger partial charge in [-0.1, -0.05) is 16.7 Å². The maximum Gasteiger partial charge on any atom is 0.257 e. The van der Waals surface area contributed by atoms with Gasteiger partial charge in [0.1, 0.15) is 5.69 Å². The molecule has 3 aliphatic rings. The Kier molecular flexibility index (Phi) is 4.56. The molecular weight excluding hydrogens is 426 g/mol. The van der Waals surface area contributed by atoms with Crippen LogP contribution in [0.1, 0.15) is 43.8 Å². The first-order chi connectivity index (χ1) is 15.3. The van der Waals surface area contributed by atoms with E-state index < -0.39 is 0 Å². The van der Waals surface area contributed by atoms with Crippen LogP contribution in [0, 0.1) is 0 Å². The molecule has 1 saturated heterocycles. The normalized spacial score (nSPS) is 22.2. The van der Waals surface area contributed by atoms with Crippen LogP contribution in [-0.4, -0.2) is 71.9 Å². The molecule has 0 aromatic carbocycles. The molecule has 1 spiro atoms. The average Bonchev–Trinajstić information content (AvgIpc) is 3.26. The lowest BCUT2D eigenvalue weighted by molar-refractivity contribution is -0.0275. The molecule has 0 unspecified atom stereocenters. The zero-order chi connectivity index (χ0) is 22.1. The molecule has 0 amide bonds. The van der Waals surface area contributed by atoms with Gasteiger partial charge in [0.25, 0.3) is 5.88 Å². The minimum absolute atomic E-state index is 0.0608. The number of ether oxygens (including phenoxy) is 2. The zero-order valence-electron chi connectivity index (χ0n) is 18.7. The largest absolute Gasteiger partial charge is 0.475 e. The van der Waals surface area contributed by atoms with Crippen LogP contribution in [0.4, 0.5) is 11.6 Å². The number of halogens is 1. The molecule has 164 valence electrons.